The van der Waals surface area contributed by atoms with Crippen molar-refractivity contribution in [2.45, 2.75) is 0 Å². The molecule has 196 valence electrons. The lowest BCUT2D eigenvalue weighted by molar-refractivity contribution is 0.407. The lowest BCUT2D eigenvalue weighted by Crippen LogP contribution is -2.09. The number of aromatic nitrogens is 2. The molecule has 3 aromatic carbocycles. The van der Waals surface area contributed by atoms with Crippen LogP contribution in [0.3, 0.4) is 0 Å². The SMILES string of the molecule is FC(=NNc1nnc(NN=C(F)c2cc(F)c(F)c(F)c2F)c2ccccc12)c1cc(F)c(F)c(F)c1F. The molecule has 0 aliphatic heterocycles. The van der Waals surface area contributed by atoms with Gasteiger partial charge in [0.25, 0.3) is 0 Å². The molecular weight excluding hydrogens is 538 g/mol. The summed E-state index contributed by atoms with van der Waals surface area (Å²) in [7, 11) is 0. The van der Waals surface area contributed by atoms with Crippen molar-refractivity contribution in [3.63, 3.8) is 0 Å². The number of nitrogens with one attached hydrogen (secondary N) is 2. The number of rotatable bonds is 6. The zero-order valence-electron chi connectivity index (χ0n) is 18.0. The molecule has 0 spiro atoms. The van der Waals surface area contributed by atoms with Crippen LogP contribution in [0.25, 0.3) is 10.8 Å². The maximum absolute atomic E-state index is 14.3. The first-order valence-electron chi connectivity index (χ1n) is 9.91. The Hall–Kier alpha value is -4.76. The molecule has 0 saturated carbocycles. The van der Waals surface area contributed by atoms with Crippen molar-refractivity contribution < 1.29 is 43.9 Å². The number of anilines is 2. The lowest BCUT2D eigenvalue weighted by atomic mass is 10.2. The molecule has 0 amide bonds. The third-order valence-electron chi connectivity index (χ3n) is 4.86. The Morgan fingerprint density at radius 2 is 0.921 bits per heavy atom. The summed E-state index contributed by atoms with van der Waals surface area (Å²) in [6, 6.07) is 5.69. The molecule has 1 heterocycles. The molecule has 38 heavy (non-hydrogen) atoms. The summed E-state index contributed by atoms with van der Waals surface area (Å²) in [5.74, 6) is -20.9. The highest BCUT2D eigenvalue weighted by molar-refractivity contribution is 6.00. The summed E-state index contributed by atoms with van der Waals surface area (Å²) in [6.07, 6.45) is 0. The summed E-state index contributed by atoms with van der Waals surface area (Å²) in [5, 5.41) is 13.6. The molecule has 0 fully saturated rings. The first-order chi connectivity index (χ1) is 18.0. The molecule has 0 aliphatic carbocycles. The molecule has 6 nitrogen and oxygen atoms in total. The van der Waals surface area contributed by atoms with E-state index in [1.54, 1.807) is 0 Å². The number of hydrogen-bond donors (Lipinski definition) is 2. The van der Waals surface area contributed by atoms with Crippen LogP contribution in [0.15, 0.2) is 46.6 Å². The van der Waals surface area contributed by atoms with Gasteiger partial charge in [-0.3, -0.25) is 10.9 Å². The maximum atomic E-state index is 14.3. The predicted octanol–water partition coefficient (Wildman–Crippen LogP) is 6.23. The molecule has 2 N–H and O–H groups in total. The Morgan fingerprint density at radius 3 is 1.29 bits per heavy atom. The van der Waals surface area contributed by atoms with E-state index < -0.39 is 69.6 Å². The van der Waals surface area contributed by atoms with Crippen LogP contribution in [0.2, 0.25) is 0 Å². The average Bonchev–Trinajstić information content (AvgIpc) is 2.92. The van der Waals surface area contributed by atoms with E-state index in [4.69, 9.17) is 0 Å². The van der Waals surface area contributed by atoms with Crippen LogP contribution in [0.1, 0.15) is 11.1 Å². The van der Waals surface area contributed by atoms with Crippen LogP contribution in [0.5, 0.6) is 0 Å². The lowest BCUT2D eigenvalue weighted by Gasteiger charge is -2.09. The van der Waals surface area contributed by atoms with Gasteiger partial charge < -0.3 is 0 Å². The minimum atomic E-state index is -2.26. The Morgan fingerprint density at radius 1 is 0.553 bits per heavy atom. The Bertz CT molecular complexity index is 1520. The van der Waals surface area contributed by atoms with Crippen LogP contribution in [-0.2, 0) is 0 Å². The molecule has 0 unspecified atom stereocenters. The Balaban J connectivity index is 1.65. The first-order valence-corrected chi connectivity index (χ1v) is 9.91. The second kappa shape index (κ2) is 10.3. The number of halogens is 10. The fourth-order valence-electron chi connectivity index (χ4n) is 3.04. The van der Waals surface area contributed by atoms with Gasteiger partial charge in [-0.2, -0.15) is 8.78 Å². The molecule has 0 atom stereocenters. The van der Waals surface area contributed by atoms with E-state index in [2.05, 4.69) is 20.4 Å². The van der Waals surface area contributed by atoms with Crippen molar-refractivity contribution >= 4 is 34.3 Å². The number of nitrogens with zero attached hydrogens (tertiary/aromatic N) is 4. The maximum Gasteiger partial charge on any atom is 0.241 e. The van der Waals surface area contributed by atoms with Gasteiger partial charge in [0, 0.05) is 10.8 Å². The predicted molar refractivity (Wildman–Crippen MR) is 115 cm³/mol. The summed E-state index contributed by atoms with van der Waals surface area (Å²) >= 11 is 0. The second-order valence-electron chi connectivity index (χ2n) is 7.17. The minimum Gasteiger partial charge on any atom is -0.256 e. The van der Waals surface area contributed by atoms with Gasteiger partial charge in [0.05, 0.1) is 11.1 Å². The van der Waals surface area contributed by atoms with Gasteiger partial charge in [-0.25, -0.2) is 35.1 Å². The van der Waals surface area contributed by atoms with Gasteiger partial charge in [0.2, 0.25) is 11.9 Å². The third kappa shape index (κ3) is 4.79. The number of fused-ring (bicyclic) bond motifs is 1. The third-order valence-corrected chi connectivity index (χ3v) is 4.86. The highest BCUT2D eigenvalue weighted by atomic mass is 19.2. The first kappa shape index (κ1) is 26.3. The Labute approximate surface area is 204 Å². The van der Waals surface area contributed by atoms with Crippen LogP contribution >= 0.6 is 0 Å². The summed E-state index contributed by atoms with van der Waals surface area (Å²) < 4.78 is 136. The standard InChI is InChI=1S/C22H8F10N6/c23-11-5-9(13(25)17(29)15(11)27)19(31)33-35-21-7-3-1-2-4-8(7)22(38-37-21)36-34-20(32)10-6-12(24)16(28)18(30)14(10)26/h1-6H,(H,35,37)(H,36,38). The van der Waals surface area contributed by atoms with E-state index in [1.807, 2.05) is 10.9 Å². The van der Waals surface area contributed by atoms with E-state index in [-0.39, 0.29) is 34.5 Å². The topological polar surface area (TPSA) is 74.6 Å². The van der Waals surface area contributed by atoms with Crippen molar-refractivity contribution in [3.8, 4) is 0 Å². The molecule has 0 bridgehead atoms. The minimum absolute atomic E-state index is 0.0410. The van der Waals surface area contributed by atoms with E-state index in [0.29, 0.717) is 0 Å². The van der Waals surface area contributed by atoms with Gasteiger partial charge in [0.15, 0.2) is 58.2 Å². The summed E-state index contributed by atoms with van der Waals surface area (Å²) in [5.41, 5.74) is 1.40. The molecule has 4 rings (SSSR count). The van der Waals surface area contributed by atoms with Gasteiger partial charge in [-0.05, 0) is 12.1 Å². The molecule has 1 aromatic heterocycles. The summed E-state index contributed by atoms with van der Waals surface area (Å²) in [6.45, 7) is 0. The van der Waals surface area contributed by atoms with Gasteiger partial charge >= 0.3 is 0 Å². The molecule has 0 radical (unpaired) electrons. The molecule has 0 aliphatic rings. The second-order valence-corrected chi connectivity index (χ2v) is 7.17. The molecule has 4 aromatic rings. The van der Waals surface area contributed by atoms with E-state index >= 15 is 0 Å². The van der Waals surface area contributed by atoms with Crippen molar-refractivity contribution in [1.29, 1.82) is 0 Å². The number of hydrazone groups is 2. The molecule has 0 saturated heterocycles. The zero-order valence-corrected chi connectivity index (χ0v) is 18.0. The van der Waals surface area contributed by atoms with E-state index in [1.165, 1.54) is 24.3 Å². The normalized spacial score (nSPS) is 12.3. The molecular formula is C22H8F10N6. The van der Waals surface area contributed by atoms with Crippen molar-refractivity contribution in [2.75, 3.05) is 10.9 Å². The van der Waals surface area contributed by atoms with Crippen LogP contribution in [-0.4, -0.2) is 22.1 Å². The monoisotopic (exact) mass is 546 g/mol. The van der Waals surface area contributed by atoms with Crippen LogP contribution < -0.4 is 10.9 Å². The fourth-order valence-corrected chi connectivity index (χ4v) is 3.04. The smallest absolute Gasteiger partial charge is 0.241 e. The quantitative estimate of drug-likeness (QED) is 0.0989. The van der Waals surface area contributed by atoms with Gasteiger partial charge in [0.1, 0.15) is 0 Å². The van der Waals surface area contributed by atoms with Crippen LogP contribution in [0.4, 0.5) is 55.5 Å². The van der Waals surface area contributed by atoms with Crippen LogP contribution in [0, 0.1) is 46.5 Å². The fraction of sp³-hybridized carbons (Fsp3) is 0. The highest BCUT2D eigenvalue weighted by Gasteiger charge is 2.23. The highest BCUT2D eigenvalue weighted by Crippen LogP contribution is 2.27. The van der Waals surface area contributed by atoms with Gasteiger partial charge in [-0.15, -0.1) is 20.4 Å². The summed E-state index contributed by atoms with van der Waals surface area (Å²) in [4.78, 5) is 0. The number of benzene rings is 3. The molecule has 16 heteroatoms. The average molecular weight is 546 g/mol. The number of hydrogen-bond acceptors (Lipinski definition) is 6. The van der Waals surface area contributed by atoms with E-state index in [9.17, 15) is 43.9 Å². The van der Waals surface area contributed by atoms with Gasteiger partial charge in [-0.1, -0.05) is 24.3 Å². The van der Waals surface area contributed by atoms with Crippen molar-refractivity contribution in [2.24, 2.45) is 10.2 Å². The van der Waals surface area contributed by atoms with Crippen molar-refractivity contribution in [1.82, 2.24) is 10.2 Å². The Kier molecular flexibility index (Phi) is 7.14. The van der Waals surface area contributed by atoms with E-state index in [0.717, 1.165) is 0 Å². The zero-order chi connectivity index (χ0) is 27.7. The van der Waals surface area contributed by atoms with Crippen molar-refractivity contribution in [3.05, 3.63) is 94.1 Å². The largest absolute Gasteiger partial charge is 0.256 e.